The quantitative estimate of drug-likeness (QED) is 0.0690. The smallest absolute Gasteiger partial charge is 0.162 e. The van der Waals surface area contributed by atoms with Gasteiger partial charge < -0.3 is 0 Å². The van der Waals surface area contributed by atoms with Crippen LogP contribution in [0.3, 0.4) is 0 Å². The van der Waals surface area contributed by atoms with Crippen LogP contribution in [0.25, 0.3) is 68.1 Å². The number of rotatable bonds is 21. The lowest BCUT2D eigenvalue weighted by Crippen LogP contribution is -2.08. The van der Waals surface area contributed by atoms with E-state index in [0.717, 1.165) is 170 Å². The topological polar surface area (TPSA) is 129 Å². The van der Waals surface area contributed by atoms with Crippen LogP contribution in [0.1, 0.15) is 127 Å². The van der Waals surface area contributed by atoms with Gasteiger partial charge in [0.25, 0.3) is 0 Å². The summed E-state index contributed by atoms with van der Waals surface area (Å²) in [7, 11) is 0. The Morgan fingerprint density at radius 1 is 0.290 bits per heavy atom. The molecule has 62 heavy (non-hydrogen) atoms. The molecule has 7 aromatic rings. The molecule has 10 nitrogen and oxygen atoms in total. The summed E-state index contributed by atoms with van der Waals surface area (Å²) in [5, 5.41) is 0. The zero-order chi connectivity index (χ0) is 43.1. The summed E-state index contributed by atoms with van der Waals surface area (Å²) in [6.45, 7) is 11.0. The van der Waals surface area contributed by atoms with Gasteiger partial charge in [-0.1, -0.05) is 127 Å². The van der Waals surface area contributed by atoms with E-state index in [1.54, 1.807) is 0 Å². The summed E-state index contributed by atoms with van der Waals surface area (Å²) in [5.41, 5.74) is 11.5. The molecular formula is C52H60N10. The fourth-order valence-corrected chi connectivity index (χ4v) is 7.61. The third-order valence-corrected chi connectivity index (χ3v) is 11.3. The van der Waals surface area contributed by atoms with E-state index >= 15 is 0 Å². The van der Waals surface area contributed by atoms with Crippen molar-refractivity contribution in [2.45, 2.75) is 131 Å². The van der Waals surface area contributed by atoms with Crippen LogP contribution >= 0.6 is 0 Å². The lowest BCUT2D eigenvalue weighted by atomic mass is 10.0. The third-order valence-electron chi connectivity index (χ3n) is 11.3. The molecule has 0 N–H and O–H groups in total. The predicted molar refractivity (Wildman–Crippen MR) is 250 cm³/mol. The fourth-order valence-electron chi connectivity index (χ4n) is 7.61. The van der Waals surface area contributed by atoms with Crippen LogP contribution in [0, 0.1) is 0 Å². The van der Waals surface area contributed by atoms with Crippen LogP contribution in [0.5, 0.6) is 0 Å². The normalized spacial score (nSPS) is 11.3. The van der Waals surface area contributed by atoms with Gasteiger partial charge in [-0.05, 0) is 69.8 Å². The van der Waals surface area contributed by atoms with Gasteiger partial charge in [-0.2, -0.15) is 0 Å². The Bertz CT molecular complexity index is 2520. The summed E-state index contributed by atoms with van der Waals surface area (Å²) < 4.78 is 0. The molecule has 0 aliphatic rings. The van der Waals surface area contributed by atoms with Gasteiger partial charge in [0.05, 0.1) is 50.7 Å². The van der Waals surface area contributed by atoms with Crippen molar-refractivity contribution >= 4 is 0 Å². The summed E-state index contributed by atoms with van der Waals surface area (Å²) in [4.78, 5) is 50.6. The van der Waals surface area contributed by atoms with E-state index < -0.39 is 0 Å². The van der Waals surface area contributed by atoms with Crippen molar-refractivity contribution in [3.8, 4) is 68.1 Å². The molecule has 0 fully saturated rings. The summed E-state index contributed by atoms with van der Waals surface area (Å²) in [5.74, 6) is 3.27. The van der Waals surface area contributed by atoms with Crippen molar-refractivity contribution in [3.05, 3.63) is 120 Å². The van der Waals surface area contributed by atoms with Crippen molar-refractivity contribution < 1.29 is 0 Å². The average molecular weight is 825 g/mol. The van der Waals surface area contributed by atoms with E-state index in [9.17, 15) is 0 Å². The van der Waals surface area contributed by atoms with Gasteiger partial charge >= 0.3 is 0 Å². The highest BCUT2D eigenvalue weighted by Crippen LogP contribution is 2.32. The standard InChI is InChI=1S/C52H60N10/c1-6-11-26-43-38(36-22-18-16-19-23-36)31-54-49(59-43)40-33-56-51(61-45(40)28-13-8-3)42-35-57-52(62-47(42)30-15-10-5)41-34-55-50(60-46(41)29-14-9-4)39-32-53-48(37-24-20-17-21-25-37)58-44(39)27-12-7-2/h16-25,31-35H,6-15,26-30H2,1-5H3. The van der Waals surface area contributed by atoms with Gasteiger partial charge in [-0.3, -0.25) is 0 Å². The SMILES string of the molecule is CCCCc1nc(-c2cnc(-c3cnc(-c4cnc(-c5cnc(-c6ccccc6)nc5CCCC)nc4CCCC)nc3CCCC)nc2CCCC)ncc1-c1ccccc1. The molecule has 0 bridgehead atoms. The molecule has 0 aliphatic heterocycles. The molecule has 318 valence electrons. The zero-order valence-corrected chi connectivity index (χ0v) is 37.2. The molecule has 0 unspecified atom stereocenters. The minimum atomic E-state index is 0.619. The first-order valence-electron chi connectivity index (χ1n) is 23.0. The van der Waals surface area contributed by atoms with Gasteiger partial charge in [-0.25, -0.2) is 49.8 Å². The maximum absolute atomic E-state index is 5.26. The molecule has 0 saturated carbocycles. The maximum atomic E-state index is 5.26. The lowest BCUT2D eigenvalue weighted by Gasteiger charge is -2.15. The Morgan fingerprint density at radius 2 is 0.548 bits per heavy atom. The molecule has 0 amide bonds. The number of hydrogen-bond acceptors (Lipinski definition) is 10. The van der Waals surface area contributed by atoms with Gasteiger partial charge in [0.2, 0.25) is 0 Å². The van der Waals surface area contributed by atoms with Crippen LogP contribution in [-0.2, 0) is 32.1 Å². The Morgan fingerprint density at radius 3 is 0.871 bits per heavy atom. The molecule has 10 heteroatoms. The molecule has 0 atom stereocenters. The van der Waals surface area contributed by atoms with Crippen LogP contribution in [0.15, 0.2) is 91.6 Å². The molecule has 5 aromatic heterocycles. The average Bonchev–Trinajstić information content (AvgIpc) is 3.33. The number of hydrogen-bond donors (Lipinski definition) is 0. The first-order chi connectivity index (χ1) is 30.5. The van der Waals surface area contributed by atoms with E-state index in [4.69, 9.17) is 49.8 Å². The second-order valence-corrected chi connectivity index (χ2v) is 16.0. The van der Waals surface area contributed by atoms with E-state index in [-0.39, 0.29) is 0 Å². The number of unbranched alkanes of at least 4 members (excludes halogenated alkanes) is 5. The first-order valence-corrected chi connectivity index (χ1v) is 23.0. The largest absolute Gasteiger partial charge is 0.236 e. The molecule has 5 heterocycles. The lowest BCUT2D eigenvalue weighted by molar-refractivity contribution is 0.763. The van der Waals surface area contributed by atoms with E-state index in [1.165, 1.54) is 0 Å². The monoisotopic (exact) mass is 825 g/mol. The van der Waals surface area contributed by atoms with E-state index in [1.807, 2.05) is 67.4 Å². The summed E-state index contributed by atoms with van der Waals surface area (Å²) in [6, 6.07) is 20.6. The molecule has 0 radical (unpaired) electrons. The Balaban J connectivity index is 1.26. The number of benzene rings is 2. The minimum Gasteiger partial charge on any atom is -0.236 e. The number of aromatic nitrogens is 10. The van der Waals surface area contributed by atoms with Crippen molar-refractivity contribution in [1.82, 2.24) is 49.8 Å². The van der Waals surface area contributed by atoms with Crippen molar-refractivity contribution in [2.75, 3.05) is 0 Å². The molecule has 0 spiro atoms. The third kappa shape index (κ3) is 10.6. The van der Waals surface area contributed by atoms with Crippen LogP contribution < -0.4 is 0 Å². The number of aryl methyl sites for hydroxylation is 5. The predicted octanol–water partition coefficient (Wildman–Crippen LogP) is 12.4. The van der Waals surface area contributed by atoms with E-state index in [2.05, 4.69) is 58.9 Å². The fraction of sp³-hybridized carbons (Fsp3) is 0.385. The zero-order valence-electron chi connectivity index (χ0n) is 37.2. The van der Waals surface area contributed by atoms with Crippen molar-refractivity contribution in [1.29, 1.82) is 0 Å². The molecule has 0 saturated heterocycles. The van der Waals surface area contributed by atoms with Crippen LogP contribution in [0.2, 0.25) is 0 Å². The highest BCUT2D eigenvalue weighted by molar-refractivity contribution is 5.70. The number of nitrogens with zero attached hydrogens (tertiary/aromatic N) is 10. The Kier molecular flexibility index (Phi) is 15.6. The van der Waals surface area contributed by atoms with E-state index in [0.29, 0.717) is 23.3 Å². The molecule has 2 aromatic carbocycles. The second kappa shape index (κ2) is 22.1. The highest BCUT2D eigenvalue weighted by atomic mass is 15.0. The van der Waals surface area contributed by atoms with Crippen molar-refractivity contribution in [3.63, 3.8) is 0 Å². The first kappa shape index (κ1) is 43.9. The Hall–Kier alpha value is -6.16. The van der Waals surface area contributed by atoms with Gasteiger partial charge in [0.1, 0.15) is 0 Å². The highest BCUT2D eigenvalue weighted by Gasteiger charge is 2.21. The second-order valence-electron chi connectivity index (χ2n) is 16.0. The minimum absolute atomic E-state index is 0.619. The van der Waals surface area contributed by atoms with Crippen LogP contribution in [0.4, 0.5) is 0 Å². The maximum Gasteiger partial charge on any atom is 0.162 e. The Labute approximate surface area is 367 Å². The summed E-state index contributed by atoms with van der Waals surface area (Å²) in [6.07, 6.45) is 23.9. The van der Waals surface area contributed by atoms with Gasteiger partial charge in [0.15, 0.2) is 29.1 Å². The molecule has 0 aliphatic carbocycles. The van der Waals surface area contributed by atoms with Crippen LogP contribution in [-0.4, -0.2) is 49.8 Å². The summed E-state index contributed by atoms with van der Waals surface area (Å²) >= 11 is 0. The van der Waals surface area contributed by atoms with Gasteiger partial charge in [0, 0.05) is 42.1 Å². The van der Waals surface area contributed by atoms with Crippen molar-refractivity contribution in [2.24, 2.45) is 0 Å². The molecule has 7 rings (SSSR count). The molecular weight excluding hydrogens is 765 g/mol. The van der Waals surface area contributed by atoms with Gasteiger partial charge in [-0.15, -0.1) is 0 Å².